The quantitative estimate of drug-likeness (QED) is 0.922. The second-order valence-electron chi connectivity index (χ2n) is 5.15. The summed E-state index contributed by atoms with van der Waals surface area (Å²) in [4.78, 5) is 17.5. The van der Waals surface area contributed by atoms with Crippen molar-refractivity contribution in [1.29, 1.82) is 0 Å². The number of nitrogens with zero attached hydrogens (tertiary/aromatic N) is 1. The van der Waals surface area contributed by atoms with Gasteiger partial charge in [-0.1, -0.05) is 35.5 Å². The van der Waals surface area contributed by atoms with Gasteiger partial charge >= 0.3 is 0 Å². The van der Waals surface area contributed by atoms with Crippen molar-refractivity contribution in [3.05, 3.63) is 60.2 Å². The average molecular weight is 310 g/mol. The van der Waals surface area contributed by atoms with Gasteiger partial charge in [0.25, 0.3) is 5.91 Å². The Bertz CT molecular complexity index is 696. The van der Waals surface area contributed by atoms with Gasteiger partial charge in [0.1, 0.15) is 5.75 Å². The molecule has 23 heavy (non-hydrogen) atoms. The fraction of sp³-hybridized carbons (Fsp3) is 0.222. The molecule has 1 aliphatic heterocycles. The van der Waals surface area contributed by atoms with Gasteiger partial charge in [-0.3, -0.25) is 4.79 Å². The van der Waals surface area contributed by atoms with E-state index >= 15 is 0 Å². The first-order chi connectivity index (χ1) is 11.3. The highest BCUT2D eigenvalue weighted by Gasteiger charge is 2.28. The number of oxime groups is 1. The van der Waals surface area contributed by atoms with Crippen molar-refractivity contribution in [1.82, 2.24) is 0 Å². The number of ether oxygens (including phenoxy) is 1. The monoisotopic (exact) mass is 310 g/mol. The Morgan fingerprint density at radius 2 is 1.96 bits per heavy atom. The summed E-state index contributed by atoms with van der Waals surface area (Å²) in [5, 5.41) is 6.86. The zero-order valence-electron chi connectivity index (χ0n) is 12.9. The zero-order chi connectivity index (χ0) is 16.1. The van der Waals surface area contributed by atoms with Crippen LogP contribution in [0.5, 0.6) is 5.75 Å². The molecule has 1 N–H and O–H groups in total. The maximum Gasteiger partial charge on any atom is 0.268 e. The van der Waals surface area contributed by atoms with Gasteiger partial charge in [-0.05, 0) is 36.8 Å². The first kappa shape index (κ1) is 15.1. The molecule has 0 unspecified atom stereocenters. The molecule has 0 saturated heterocycles. The summed E-state index contributed by atoms with van der Waals surface area (Å²) in [6.07, 6.45) is -0.135. The third-order valence-electron chi connectivity index (χ3n) is 3.50. The Morgan fingerprint density at radius 3 is 2.65 bits per heavy atom. The molecule has 1 atom stereocenters. The number of carbonyl (C=O) groups is 1. The summed E-state index contributed by atoms with van der Waals surface area (Å²) in [5.74, 6) is 0.571. The molecule has 1 aliphatic rings. The largest absolute Gasteiger partial charge is 0.494 e. The highest BCUT2D eigenvalue weighted by molar-refractivity contribution is 6.06. The smallest absolute Gasteiger partial charge is 0.268 e. The third-order valence-corrected chi connectivity index (χ3v) is 3.50. The molecule has 0 fully saturated rings. The Morgan fingerprint density at radius 1 is 1.22 bits per heavy atom. The van der Waals surface area contributed by atoms with Crippen LogP contribution in [-0.4, -0.2) is 24.3 Å². The number of anilines is 1. The first-order valence-corrected chi connectivity index (χ1v) is 7.58. The van der Waals surface area contributed by atoms with Gasteiger partial charge in [-0.2, -0.15) is 0 Å². The van der Waals surface area contributed by atoms with Crippen LogP contribution in [0, 0.1) is 0 Å². The highest BCUT2D eigenvalue weighted by Crippen LogP contribution is 2.20. The average Bonchev–Trinajstić information content (AvgIpc) is 3.08. The second-order valence-corrected chi connectivity index (χ2v) is 5.15. The lowest BCUT2D eigenvalue weighted by Gasteiger charge is -2.10. The summed E-state index contributed by atoms with van der Waals surface area (Å²) in [6.45, 7) is 2.54. The van der Waals surface area contributed by atoms with Crippen LogP contribution in [0.2, 0.25) is 0 Å². The minimum absolute atomic E-state index is 0.205. The Kier molecular flexibility index (Phi) is 4.57. The second kappa shape index (κ2) is 6.96. The maximum absolute atomic E-state index is 12.3. The van der Waals surface area contributed by atoms with E-state index in [1.165, 1.54) is 0 Å². The molecule has 118 valence electrons. The van der Waals surface area contributed by atoms with Crippen LogP contribution in [0.15, 0.2) is 59.8 Å². The molecule has 2 aromatic carbocycles. The van der Waals surface area contributed by atoms with E-state index in [2.05, 4.69) is 10.5 Å². The molecule has 2 aromatic rings. The van der Waals surface area contributed by atoms with Crippen molar-refractivity contribution in [3.63, 3.8) is 0 Å². The van der Waals surface area contributed by atoms with Gasteiger partial charge in [0.05, 0.1) is 12.3 Å². The van der Waals surface area contributed by atoms with Crippen LogP contribution >= 0.6 is 0 Å². The summed E-state index contributed by atoms with van der Waals surface area (Å²) in [7, 11) is 0. The molecule has 1 amide bonds. The number of amides is 1. The summed E-state index contributed by atoms with van der Waals surface area (Å²) >= 11 is 0. The Hall–Kier alpha value is -2.82. The van der Waals surface area contributed by atoms with Gasteiger partial charge in [-0.15, -0.1) is 0 Å². The van der Waals surface area contributed by atoms with Gasteiger partial charge in [0.15, 0.2) is 0 Å². The van der Waals surface area contributed by atoms with E-state index in [0.717, 1.165) is 17.0 Å². The molecule has 0 aliphatic carbocycles. The molecule has 0 aromatic heterocycles. The van der Waals surface area contributed by atoms with Crippen molar-refractivity contribution in [2.75, 3.05) is 11.9 Å². The number of hydrogen-bond acceptors (Lipinski definition) is 4. The molecule has 1 heterocycles. The Balaban J connectivity index is 1.58. The lowest BCUT2D eigenvalue weighted by Crippen LogP contribution is -2.28. The molecule has 5 nitrogen and oxygen atoms in total. The SMILES string of the molecule is CCOc1ccc(NC(=O)[C@@H]2CC(c3ccccc3)=NO2)cc1. The van der Waals surface area contributed by atoms with Crippen molar-refractivity contribution >= 4 is 17.3 Å². The van der Waals surface area contributed by atoms with E-state index in [4.69, 9.17) is 9.57 Å². The lowest BCUT2D eigenvalue weighted by molar-refractivity contribution is -0.125. The number of carbonyl (C=O) groups excluding carboxylic acids is 1. The molecule has 0 bridgehead atoms. The van der Waals surface area contributed by atoms with E-state index in [1.807, 2.05) is 49.4 Å². The highest BCUT2D eigenvalue weighted by atomic mass is 16.6. The fourth-order valence-corrected chi connectivity index (χ4v) is 2.34. The van der Waals surface area contributed by atoms with E-state index in [9.17, 15) is 4.79 Å². The van der Waals surface area contributed by atoms with Crippen molar-refractivity contribution < 1.29 is 14.4 Å². The van der Waals surface area contributed by atoms with Crippen molar-refractivity contribution in [2.24, 2.45) is 5.16 Å². The lowest BCUT2D eigenvalue weighted by atomic mass is 10.0. The maximum atomic E-state index is 12.3. The zero-order valence-corrected chi connectivity index (χ0v) is 12.9. The minimum Gasteiger partial charge on any atom is -0.494 e. The number of rotatable bonds is 5. The minimum atomic E-state index is -0.600. The number of hydrogen-bond donors (Lipinski definition) is 1. The first-order valence-electron chi connectivity index (χ1n) is 7.58. The van der Waals surface area contributed by atoms with Crippen molar-refractivity contribution in [3.8, 4) is 5.75 Å². The van der Waals surface area contributed by atoms with Crippen LogP contribution in [-0.2, 0) is 9.63 Å². The van der Waals surface area contributed by atoms with Crippen LogP contribution in [0.4, 0.5) is 5.69 Å². The van der Waals surface area contributed by atoms with Crippen LogP contribution < -0.4 is 10.1 Å². The molecule has 5 heteroatoms. The predicted molar refractivity (Wildman–Crippen MR) is 88.7 cm³/mol. The van der Waals surface area contributed by atoms with E-state index in [1.54, 1.807) is 12.1 Å². The standard InChI is InChI=1S/C18H18N2O3/c1-2-22-15-10-8-14(9-11-15)19-18(21)17-12-16(20-23-17)13-6-4-3-5-7-13/h3-11,17H,2,12H2,1H3,(H,19,21)/t17-/m0/s1. The normalized spacial score (nSPS) is 16.4. The third kappa shape index (κ3) is 3.69. The van der Waals surface area contributed by atoms with Crippen LogP contribution in [0.3, 0.4) is 0 Å². The predicted octanol–water partition coefficient (Wildman–Crippen LogP) is 3.22. The van der Waals surface area contributed by atoms with Gasteiger partial charge in [-0.25, -0.2) is 0 Å². The van der Waals surface area contributed by atoms with E-state index in [0.29, 0.717) is 18.7 Å². The molecular weight excluding hydrogens is 292 g/mol. The van der Waals surface area contributed by atoms with E-state index < -0.39 is 6.10 Å². The van der Waals surface area contributed by atoms with Crippen molar-refractivity contribution in [2.45, 2.75) is 19.4 Å². The number of benzene rings is 2. The molecule has 0 spiro atoms. The Labute approximate surface area is 134 Å². The van der Waals surface area contributed by atoms with Gasteiger partial charge in [0.2, 0.25) is 6.10 Å². The fourth-order valence-electron chi connectivity index (χ4n) is 2.34. The van der Waals surface area contributed by atoms with Gasteiger partial charge < -0.3 is 14.9 Å². The molecule has 0 radical (unpaired) electrons. The molecule has 0 saturated carbocycles. The van der Waals surface area contributed by atoms with Crippen LogP contribution in [0.25, 0.3) is 0 Å². The molecule has 3 rings (SSSR count). The van der Waals surface area contributed by atoms with Gasteiger partial charge in [0, 0.05) is 12.1 Å². The number of nitrogens with one attached hydrogen (secondary N) is 1. The topological polar surface area (TPSA) is 59.9 Å². The molecular formula is C18H18N2O3. The van der Waals surface area contributed by atoms with Crippen LogP contribution in [0.1, 0.15) is 18.9 Å². The van der Waals surface area contributed by atoms with E-state index in [-0.39, 0.29) is 5.91 Å². The summed E-state index contributed by atoms with van der Waals surface area (Å²) in [6, 6.07) is 17.0. The summed E-state index contributed by atoms with van der Waals surface area (Å²) in [5.41, 5.74) is 2.47. The summed E-state index contributed by atoms with van der Waals surface area (Å²) < 4.78 is 5.37.